The van der Waals surface area contributed by atoms with Crippen molar-refractivity contribution >= 4 is 17.5 Å². The number of amides is 2. The maximum atomic E-state index is 12.9. The fraction of sp³-hybridized carbons (Fsp3) is 0.579. The summed E-state index contributed by atoms with van der Waals surface area (Å²) in [6.45, 7) is 11.1. The highest BCUT2D eigenvalue weighted by molar-refractivity contribution is 5.94. The van der Waals surface area contributed by atoms with Gasteiger partial charge in [0.25, 0.3) is 0 Å². The van der Waals surface area contributed by atoms with Crippen LogP contribution in [0.3, 0.4) is 0 Å². The number of piperazine rings is 1. The molecule has 1 saturated heterocycles. The molecule has 1 aromatic rings. The lowest BCUT2D eigenvalue weighted by Crippen LogP contribution is -2.55. The van der Waals surface area contributed by atoms with E-state index in [1.165, 1.54) is 12.1 Å². The zero-order chi connectivity index (χ0) is 19.3. The van der Waals surface area contributed by atoms with Crippen molar-refractivity contribution in [2.45, 2.75) is 39.3 Å². The lowest BCUT2D eigenvalue weighted by atomic mass is 10.1. The van der Waals surface area contributed by atoms with Gasteiger partial charge in [0, 0.05) is 37.4 Å². The number of carbonyl (C=O) groups excluding carboxylic acids is 2. The summed E-state index contributed by atoms with van der Waals surface area (Å²) >= 11 is 0. The molecule has 2 N–H and O–H groups in total. The van der Waals surface area contributed by atoms with Crippen LogP contribution in [0.5, 0.6) is 0 Å². The molecular formula is C19H29FN4O2. The molecule has 1 aliphatic rings. The molecule has 6 nitrogen and oxygen atoms in total. The van der Waals surface area contributed by atoms with Crippen molar-refractivity contribution < 1.29 is 14.0 Å². The van der Waals surface area contributed by atoms with Crippen molar-refractivity contribution in [3.63, 3.8) is 0 Å². The fourth-order valence-electron chi connectivity index (χ4n) is 2.92. The second-order valence-electron chi connectivity index (χ2n) is 7.78. The average molecular weight is 364 g/mol. The Kier molecular flexibility index (Phi) is 6.72. The molecule has 2 rings (SSSR count). The van der Waals surface area contributed by atoms with E-state index >= 15 is 0 Å². The van der Waals surface area contributed by atoms with Crippen LogP contribution >= 0.6 is 0 Å². The summed E-state index contributed by atoms with van der Waals surface area (Å²) < 4.78 is 12.9. The van der Waals surface area contributed by atoms with Crippen molar-refractivity contribution in [2.75, 3.05) is 38.0 Å². The minimum atomic E-state index is -0.331. The number of nitrogens with one attached hydrogen (secondary N) is 2. The van der Waals surface area contributed by atoms with Crippen molar-refractivity contribution in [1.29, 1.82) is 0 Å². The highest BCUT2D eigenvalue weighted by atomic mass is 19.1. The monoisotopic (exact) mass is 364 g/mol. The highest BCUT2D eigenvalue weighted by Crippen LogP contribution is 2.12. The molecule has 0 aliphatic carbocycles. The first-order chi connectivity index (χ1) is 12.1. The number of benzene rings is 1. The fourth-order valence-corrected chi connectivity index (χ4v) is 2.92. The molecule has 0 saturated carbocycles. The molecule has 0 unspecified atom stereocenters. The van der Waals surface area contributed by atoms with Crippen LogP contribution in [0.4, 0.5) is 10.1 Å². The summed E-state index contributed by atoms with van der Waals surface area (Å²) in [7, 11) is 0. The van der Waals surface area contributed by atoms with Crippen molar-refractivity contribution in [3.05, 3.63) is 30.1 Å². The third-order valence-corrected chi connectivity index (χ3v) is 4.33. The first-order valence-electron chi connectivity index (χ1n) is 8.98. The Labute approximate surface area is 154 Å². The van der Waals surface area contributed by atoms with E-state index in [0.717, 1.165) is 26.2 Å². The number of hydrogen-bond acceptors (Lipinski definition) is 4. The normalized spacial score (nSPS) is 17.6. The van der Waals surface area contributed by atoms with Crippen molar-refractivity contribution in [1.82, 2.24) is 15.1 Å². The zero-order valence-corrected chi connectivity index (χ0v) is 16.0. The largest absolute Gasteiger partial charge is 0.350 e. The van der Waals surface area contributed by atoms with E-state index in [1.54, 1.807) is 12.1 Å². The minimum Gasteiger partial charge on any atom is -0.350 e. The van der Waals surface area contributed by atoms with Crippen LogP contribution < -0.4 is 10.6 Å². The van der Waals surface area contributed by atoms with Gasteiger partial charge in [-0.25, -0.2) is 4.39 Å². The van der Waals surface area contributed by atoms with Crippen LogP contribution in [-0.4, -0.2) is 65.9 Å². The number of anilines is 1. The molecule has 144 valence electrons. The van der Waals surface area contributed by atoms with E-state index in [2.05, 4.69) is 20.4 Å². The van der Waals surface area contributed by atoms with Crippen LogP contribution in [-0.2, 0) is 9.59 Å². The molecule has 26 heavy (non-hydrogen) atoms. The zero-order valence-electron chi connectivity index (χ0n) is 16.0. The second kappa shape index (κ2) is 8.60. The predicted molar refractivity (Wildman–Crippen MR) is 100 cm³/mol. The molecule has 1 aliphatic heterocycles. The summed E-state index contributed by atoms with van der Waals surface area (Å²) in [5.41, 5.74) is 0.354. The van der Waals surface area contributed by atoms with Crippen molar-refractivity contribution in [3.8, 4) is 0 Å². The Morgan fingerprint density at radius 1 is 1.12 bits per heavy atom. The molecule has 1 aromatic carbocycles. The number of rotatable bonds is 5. The summed E-state index contributed by atoms with van der Waals surface area (Å²) in [5, 5.41) is 5.78. The topological polar surface area (TPSA) is 64.7 Å². The SMILES string of the molecule is C[C@@H](C(=O)Nc1ccc(F)cc1)N1CCN(CC(=O)NC(C)(C)C)CC1. The predicted octanol–water partition coefficient (Wildman–Crippen LogP) is 1.68. The lowest BCUT2D eigenvalue weighted by Gasteiger charge is -2.37. The molecule has 0 spiro atoms. The van der Waals surface area contributed by atoms with E-state index < -0.39 is 0 Å². The van der Waals surface area contributed by atoms with Gasteiger partial charge in [0.05, 0.1) is 12.6 Å². The summed E-state index contributed by atoms with van der Waals surface area (Å²) in [6.07, 6.45) is 0. The third-order valence-electron chi connectivity index (χ3n) is 4.33. The number of carbonyl (C=O) groups is 2. The van der Waals surface area contributed by atoms with Crippen molar-refractivity contribution in [2.24, 2.45) is 0 Å². The van der Waals surface area contributed by atoms with Gasteiger partial charge in [-0.1, -0.05) is 0 Å². The van der Waals surface area contributed by atoms with E-state index in [-0.39, 0.29) is 29.2 Å². The Hall–Kier alpha value is -1.99. The standard InChI is InChI=1S/C19H29FN4O2/c1-14(18(26)21-16-7-5-15(20)6-8-16)24-11-9-23(10-12-24)13-17(25)22-19(2,3)4/h5-8,14H,9-13H2,1-4H3,(H,21,26)(H,22,25)/t14-/m0/s1. The first kappa shape index (κ1) is 20.3. The van der Waals surface area contributed by atoms with Gasteiger partial charge in [-0.15, -0.1) is 0 Å². The summed E-state index contributed by atoms with van der Waals surface area (Å²) in [4.78, 5) is 28.6. The highest BCUT2D eigenvalue weighted by Gasteiger charge is 2.27. The number of hydrogen-bond donors (Lipinski definition) is 2. The number of halogens is 1. The molecule has 7 heteroatoms. The van der Waals surface area contributed by atoms with E-state index in [4.69, 9.17) is 0 Å². The van der Waals surface area contributed by atoms with Crippen LogP contribution in [0.2, 0.25) is 0 Å². The Morgan fingerprint density at radius 2 is 1.69 bits per heavy atom. The van der Waals surface area contributed by atoms with Gasteiger partial charge in [0.2, 0.25) is 11.8 Å². The Morgan fingerprint density at radius 3 is 2.23 bits per heavy atom. The average Bonchev–Trinajstić information content (AvgIpc) is 2.55. The lowest BCUT2D eigenvalue weighted by molar-refractivity contribution is -0.125. The Balaban J connectivity index is 1.78. The molecule has 0 aromatic heterocycles. The molecule has 1 heterocycles. The van der Waals surface area contributed by atoms with Crippen LogP contribution in [0.1, 0.15) is 27.7 Å². The molecular weight excluding hydrogens is 335 g/mol. The molecule has 1 atom stereocenters. The van der Waals surface area contributed by atoms with E-state index in [9.17, 15) is 14.0 Å². The van der Waals surface area contributed by atoms with E-state index in [0.29, 0.717) is 12.2 Å². The maximum absolute atomic E-state index is 12.9. The maximum Gasteiger partial charge on any atom is 0.241 e. The minimum absolute atomic E-state index is 0.0213. The van der Waals surface area contributed by atoms with Gasteiger partial charge < -0.3 is 10.6 Å². The third kappa shape index (κ3) is 6.38. The van der Waals surface area contributed by atoms with Gasteiger partial charge in [0.1, 0.15) is 5.82 Å². The van der Waals surface area contributed by atoms with Gasteiger partial charge >= 0.3 is 0 Å². The molecule has 0 bridgehead atoms. The van der Waals surface area contributed by atoms with Crippen LogP contribution in [0.25, 0.3) is 0 Å². The van der Waals surface area contributed by atoms with Crippen LogP contribution in [0, 0.1) is 5.82 Å². The Bertz CT molecular complexity index is 619. The van der Waals surface area contributed by atoms with Gasteiger partial charge in [-0.05, 0) is 52.0 Å². The van der Waals surface area contributed by atoms with Gasteiger partial charge in [-0.2, -0.15) is 0 Å². The summed E-state index contributed by atoms with van der Waals surface area (Å²) in [6, 6.07) is 5.45. The van der Waals surface area contributed by atoms with Gasteiger partial charge in [0.15, 0.2) is 0 Å². The van der Waals surface area contributed by atoms with E-state index in [1.807, 2.05) is 27.7 Å². The van der Waals surface area contributed by atoms with Crippen LogP contribution in [0.15, 0.2) is 24.3 Å². The molecule has 1 fully saturated rings. The summed E-state index contributed by atoms with van der Waals surface area (Å²) in [5.74, 6) is -0.425. The smallest absolute Gasteiger partial charge is 0.241 e. The first-order valence-corrected chi connectivity index (χ1v) is 8.98. The second-order valence-corrected chi connectivity index (χ2v) is 7.78. The molecule has 0 radical (unpaired) electrons. The molecule has 2 amide bonds. The number of nitrogens with zero attached hydrogens (tertiary/aromatic N) is 2. The van der Waals surface area contributed by atoms with Gasteiger partial charge in [-0.3, -0.25) is 19.4 Å². The quantitative estimate of drug-likeness (QED) is 0.835.